The number of nitrogens with one attached hydrogen (secondary N) is 2. The molecule has 2 N–H and O–H groups in total. The van der Waals surface area contributed by atoms with E-state index in [0.717, 1.165) is 5.69 Å². The van der Waals surface area contributed by atoms with Crippen molar-refractivity contribution in [3.05, 3.63) is 50.7 Å². The summed E-state index contributed by atoms with van der Waals surface area (Å²) in [4.78, 5) is 28.5. The number of aromatic nitrogens is 4. The van der Waals surface area contributed by atoms with Crippen LogP contribution in [0.2, 0.25) is 10.0 Å². The van der Waals surface area contributed by atoms with Crippen molar-refractivity contribution in [1.29, 1.82) is 0 Å². The lowest BCUT2D eigenvalue weighted by Gasteiger charge is -2.07. The van der Waals surface area contributed by atoms with Gasteiger partial charge in [-0.3, -0.25) is 9.59 Å². The summed E-state index contributed by atoms with van der Waals surface area (Å²) in [5, 5.41) is 17.3. The molecule has 152 valence electrons. The number of amides is 2. The SMILES string of the molecule is Cc1csc(NC(=O)CSc2nnc(CNC(=O)c3ccc(Cl)cc3Cl)n2C)n1. The van der Waals surface area contributed by atoms with E-state index < -0.39 is 0 Å². The first-order valence-electron chi connectivity index (χ1n) is 8.30. The van der Waals surface area contributed by atoms with Gasteiger partial charge in [0.2, 0.25) is 5.91 Å². The summed E-state index contributed by atoms with van der Waals surface area (Å²) in [7, 11) is 1.77. The van der Waals surface area contributed by atoms with Gasteiger partial charge in [0.25, 0.3) is 5.91 Å². The van der Waals surface area contributed by atoms with Gasteiger partial charge in [-0.25, -0.2) is 4.98 Å². The van der Waals surface area contributed by atoms with Crippen molar-refractivity contribution in [3.8, 4) is 0 Å². The Morgan fingerprint density at radius 3 is 2.76 bits per heavy atom. The average Bonchev–Trinajstić information content (AvgIpc) is 3.23. The van der Waals surface area contributed by atoms with E-state index in [1.807, 2.05) is 12.3 Å². The average molecular weight is 471 g/mol. The van der Waals surface area contributed by atoms with Crippen molar-refractivity contribution in [2.75, 3.05) is 11.1 Å². The summed E-state index contributed by atoms with van der Waals surface area (Å²) in [5.41, 5.74) is 1.18. The second kappa shape index (κ2) is 9.57. The van der Waals surface area contributed by atoms with Crippen molar-refractivity contribution in [3.63, 3.8) is 0 Å². The topological polar surface area (TPSA) is 102 Å². The van der Waals surface area contributed by atoms with Crippen LogP contribution in [0.1, 0.15) is 21.9 Å². The number of benzene rings is 1. The molecule has 0 aliphatic carbocycles. The first-order valence-corrected chi connectivity index (χ1v) is 10.9. The third kappa shape index (κ3) is 5.69. The predicted molar refractivity (Wildman–Crippen MR) is 115 cm³/mol. The van der Waals surface area contributed by atoms with Crippen LogP contribution in [0.5, 0.6) is 0 Å². The molecule has 0 aliphatic rings. The van der Waals surface area contributed by atoms with Gasteiger partial charge in [0.15, 0.2) is 16.1 Å². The molecule has 0 saturated carbocycles. The molecule has 2 amide bonds. The van der Waals surface area contributed by atoms with Crippen LogP contribution < -0.4 is 10.6 Å². The molecule has 0 fully saturated rings. The zero-order valence-corrected chi connectivity index (χ0v) is 18.5. The molecular weight excluding hydrogens is 455 g/mol. The van der Waals surface area contributed by atoms with Crippen LogP contribution in [0.25, 0.3) is 0 Å². The van der Waals surface area contributed by atoms with E-state index in [0.29, 0.717) is 26.7 Å². The Kier molecular flexibility index (Phi) is 7.12. The summed E-state index contributed by atoms with van der Waals surface area (Å²) < 4.78 is 1.72. The monoisotopic (exact) mass is 470 g/mol. The molecule has 8 nitrogen and oxygen atoms in total. The smallest absolute Gasteiger partial charge is 0.253 e. The van der Waals surface area contributed by atoms with E-state index in [1.165, 1.54) is 29.2 Å². The minimum Gasteiger partial charge on any atom is -0.345 e. The Balaban J connectivity index is 1.53. The molecule has 3 aromatic rings. The van der Waals surface area contributed by atoms with Crippen molar-refractivity contribution in [1.82, 2.24) is 25.1 Å². The summed E-state index contributed by atoms with van der Waals surface area (Å²) >= 11 is 14.5. The maximum atomic E-state index is 12.3. The largest absolute Gasteiger partial charge is 0.345 e. The van der Waals surface area contributed by atoms with E-state index in [2.05, 4.69) is 25.8 Å². The highest BCUT2D eigenvalue weighted by atomic mass is 35.5. The maximum Gasteiger partial charge on any atom is 0.253 e. The molecule has 3 rings (SSSR count). The summed E-state index contributed by atoms with van der Waals surface area (Å²) in [6, 6.07) is 4.66. The lowest BCUT2D eigenvalue weighted by Crippen LogP contribution is -2.24. The Bertz CT molecular complexity index is 1050. The maximum absolute atomic E-state index is 12.3. The first kappa shape index (κ1) is 21.6. The van der Waals surface area contributed by atoms with Crippen LogP contribution in [-0.4, -0.2) is 37.3 Å². The second-order valence-corrected chi connectivity index (χ2v) is 8.54. The van der Waals surface area contributed by atoms with Gasteiger partial charge in [-0.1, -0.05) is 35.0 Å². The minimum absolute atomic E-state index is 0.159. The van der Waals surface area contributed by atoms with Crippen LogP contribution in [0.15, 0.2) is 28.7 Å². The fraction of sp³-hybridized carbons (Fsp3) is 0.235. The molecule has 0 spiro atoms. The number of carbonyl (C=O) groups excluding carboxylic acids is 2. The predicted octanol–water partition coefficient (Wildman–Crippen LogP) is 3.55. The number of thiazole rings is 1. The van der Waals surface area contributed by atoms with Gasteiger partial charge in [0.05, 0.1) is 28.6 Å². The summed E-state index contributed by atoms with van der Waals surface area (Å²) in [6.45, 7) is 2.02. The number of anilines is 1. The minimum atomic E-state index is -0.345. The molecule has 0 unspecified atom stereocenters. The van der Waals surface area contributed by atoms with Crippen molar-refractivity contribution >= 4 is 63.2 Å². The van der Waals surface area contributed by atoms with Gasteiger partial charge in [-0.15, -0.1) is 21.5 Å². The fourth-order valence-corrected chi connectivity index (χ4v) is 4.18. The van der Waals surface area contributed by atoms with Crippen LogP contribution in [0.4, 0.5) is 5.13 Å². The zero-order valence-electron chi connectivity index (χ0n) is 15.4. The third-order valence-electron chi connectivity index (χ3n) is 3.71. The Labute approximate surface area is 185 Å². The highest BCUT2D eigenvalue weighted by molar-refractivity contribution is 7.99. The van der Waals surface area contributed by atoms with Crippen molar-refractivity contribution in [2.24, 2.45) is 7.05 Å². The fourth-order valence-electron chi connectivity index (χ4n) is 2.25. The molecule has 2 aromatic heterocycles. The lowest BCUT2D eigenvalue weighted by molar-refractivity contribution is -0.113. The molecule has 0 atom stereocenters. The first-order chi connectivity index (χ1) is 13.8. The molecule has 0 saturated heterocycles. The summed E-state index contributed by atoms with van der Waals surface area (Å²) in [6.07, 6.45) is 0. The normalized spacial score (nSPS) is 10.8. The number of rotatable bonds is 7. The van der Waals surface area contributed by atoms with Crippen molar-refractivity contribution in [2.45, 2.75) is 18.6 Å². The highest BCUT2D eigenvalue weighted by Gasteiger charge is 2.15. The standard InChI is InChI=1S/C17H16Cl2N6O2S2/c1-9-7-28-16(21-9)22-14(26)8-29-17-24-23-13(25(17)2)6-20-15(27)11-4-3-10(18)5-12(11)19/h3-5,7H,6,8H2,1-2H3,(H,20,27)(H,21,22,26). The molecule has 29 heavy (non-hydrogen) atoms. The quantitative estimate of drug-likeness (QED) is 0.511. The van der Waals surface area contributed by atoms with Gasteiger partial charge in [-0.05, 0) is 25.1 Å². The Morgan fingerprint density at radius 2 is 2.07 bits per heavy atom. The molecule has 12 heteroatoms. The van der Waals surface area contributed by atoms with Gasteiger partial charge >= 0.3 is 0 Å². The number of carbonyl (C=O) groups is 2. The number of nitrogens with zero attached hydrogens (tertiary/aromatic N) is 4. The molecule has 0 bridgehead atoms. The number of hydrogen-bond donors (Lipinski definition) is 2. The Morgan fingerprint density at radius 1 is 1.28 bits per heavy atom. The van der Waals surface area contributed by atoms with Gasteiger partial charge < -0.3 is 15.2 Å². The lowest BCUT2D eigenvalue weighted by atomic mass is 10.2. The van der Waals surface area contributed by atoms with E-state index in [1.54, 1.807) is 23.7 Å². The number of thioether (sulfide) groups is 1. The zero-order chi connectivity index (χ0) is 21.0. The second-order valence-electron chi connectivity index (χ2n) is 5.90. The number of halogens is 2. The van der Waals surface area contributed by atoms with Gasteiger partial charge in [0, 0.05) is 17.5 Å². The van der Waals surface area contributed by atoms with Crippen molar-refractivity contribution < 1.29 is 9.59 Å². The molecular formula is C17H16Cl2N6O2S2. The molecule has 2 heterocycles. The van der Waals surface area contributed by atoms with Crippen LogP contribution in [0.3, 0.4) is 0 Å². The van der Waals surface area contributed by atoms with Crippen LogP contribution in [0, 0.1) is 6.92 Å². The third-order valence-corrected chi connectivity index (χ3v) is 6.15. The van der Waals surface area contributed by atoms with E-state index in [9.17, 15) is 9.59 Å². The Hall–Kier alpha value is -2.14. The van der Waals surface area contributed by atoms with Gasteiger partial charge in [-0.2, -0.15) is 0 Å². The number of aryl methyl sites for hydroxylation is 1. The highest BCUT2D eigenvalue weighted by Crippen LogP contribution is 2.21. The van der Waals surface area contributed by atoms with Crippen LogP contribution >= 0.6 is 46.3 Å². The summed E-state index contributed by atoms with van der Waals surface area (Å²) in [5.74, 6) is 0.181. The molecule has 0 aliphatic heterocycles. The van der Waals surface area contributed by atoms with E-state index in [4.69, 9.17) is 23.2 Å². The molecule has 0 radical (unpaired) electrons. The number of hydrogen-bond acceptors (Lipinski definition) is 7. The van der Waals surface area contributed by atoms with Gasteiger partial charge in [0.1, 0.15) is 0 Å². The van der Waals surface area contributed by atoms with E-state index >= 15 is 0 Å². The molecule has 1 aromatic carbocycles. The van der Waals surface area contributed by atoms with Crippen LogP contribution in [-0.2, 0) is 18.4 Å². The van der Waals surface area contributed by atoms with E-state index in [-0.39, 0.29) is 29.1 Å².